The van der Waals surface area contributed by atoms with Crippen molar-refractivity contribution in [2.24, 2.45) is 0 Å². The van der Waals surface area contributed by atoms with Crippen molar-refractivity contribution in [2.75, 3.05) is 26.4 Å². The summed E-state index contributed by atoms with van der Waals surface area (Å²) in [6.45, 7) is 4.37. The second kappa shape index (κ2) is 55.6. The molecule has 3 atom stereocenters. The van der Waals surface area contributed by atoms with Gasteiger partial charge < -0.3 is 24.2 Å². The summed E-state index contributed by atoms with van der Waals surface area (Å²) >= 11 is 0. The maximum atomic E-state index is 12.9. The third kappa shape index (κ3) is 53.2. The Morgan fingerprint density at radius 3 is 1.16 bits per heavy atom. The van der Waals surface area contributed by atoms with Crippen LogP contribution in [-0.4, -0.2) is 66.5 Å². The van der Waals surface area contributed by atoms with E-state index in [1.165, 1.54) is 57.8 Å². The highest BCUT2D eigenvalue weighted by Crippen LogP contribution is 2.43. The first-order chi connectivity index (χ1) is 36.2. The molecule has 0 radical (unpaired) electrons. The highest BCUT2D eigenvalue weighted by atomic mass is 31.2. The third-order valence-electron chi connectivity index (χ3n) is 11.9. The number of carbonyl (C=O) groups excluding carboxylic acids is 3. The number of aliphatic hydroxyl groups excluding tert-OH is 1. The minimum absolute atomic E-state index is 0.149. The lowest BCUT2D eigenvalue weighted by molar-refractivity contribution is -0.161. The van der Waals surface area contributed by atoms with E-state index in [-0.39, 0.29) is 25.9 Å². The molecule has 2 N–H and O–H groups in total. The van der Waals surface area contributed by atoms with Gasteiger partial charge in [0.05, 0.1) is 19.8 Å². The Bertz CT molecular complexity index is 1610. The van der Waals surface area contributed by atoms with Gasteiger partial charge in [-0.15, -0.1) is 0 Å². The molecule has 0 aromatic heterocycles. The van der Waals surface area contributed by atoms with Crippen LogP contribution >= 0.6 is 7.82 Å². The van der Waals surface area contributed by atoms with Crippen molar-refractivity contribution in [1.82, 2.24) is 0 Å². The van der Waals surface area contributed by atoms with Crippen molar-refractivity contribution >= 4 is 25.7 Å². The Morgan fingerprint density at radius 1 is 0.392 bits per heavy atom. The van der Waals surface area contributed by atoms with Gasteiger partial charge >= 0.3 is 25.7 Å². The van der Waals surface area contributed by atoms with Crippen LogP contribution in [0.25, 0.3) is 0 Å². The van der Waals surface area contributed by atoms with Gasteiger partial charge in [-0.3, -0.25) is 23.4 Å². The molecule has 74 heavy (non-hydrogen) atoms. The van der Waals surface area contributed by atoms with E-state index in [1.807, 2.05) is 0 Å². The fraction of sp³-hybridized carbons (Fsp3) is 0.694. The predicted octanol–water partition coefficient (Wildman–Crippen LogP) is 17.3. The van der Waals surface area contributed by atoms with Crippen LogP contribution in [0.15, 0.2) is 97.2 Å². The van der Waals surface area contributed by atoms with Crippen LogP contribution in [0, 0.1) is 0 Å². The number of hydrogen-bond acceptors (Lipinski definition) is 10. The lowest BCUT2D eigenvalue weighted by atomic mass is 10.1. The number of phosphoric acid groups is 1. The van der Waals surface area contributed by atoms with Crippen molar-refractivity contribution < 1.29 is 52.2 Å². The van der Waals surface area contributed by atoms with Gasteiger partial charge in [0.2, 0.25) is 0 Å². The van der Waals surface area contributed by atoms with Crippen molar-refractivity contribution in [2.45, 2.75) is 251 Å². The number of hydrogen-bond donors (Lipinski definition) is 2. The first kappa shape index (κ1) is 70.4. The first-order valence-electron chi connectivity index (χ1n) is 29.1. The number of aliphatic hydroxyl groups is 1. The molecule has 12 heteroatoms. The first-order valence-corrected chi connectivity index (χ1v) is 30.6. The maximum absolute atomic E-state index is 12.9. The smallest absolute Gasteiger partial charge is 0.462 e. The minimum Gasteiger partial charge on any atom is -0.462 e. The number of allylic oxidation sites excluding steroid dienone is 16. The van der Waals surface area contributed by atoms with E-state index < -0.39 is 57.8 Å². The molecule has 0 spiro atoms. The monoisotopic (exact) mass is 1060 g/mol. The van der Waals surface area contributed by atoms with Crippen LogP contribution in [0.2, 0.25) is 0 Å². The molecule has 424 valence electrons. The van der Waals surface area contributed by atoms with Crippen LogP contribution < -0.4 is 0 Å². The van der Waals surface area contributed by atoms with Gasteiger partial charge in [0.1, 0.15) is 12.7 Å². The number of rotatable bonds is 53. The molecule has 0 rings (SSSR count). The van der Waals surface area contributed by atoms with E-state index in [9.17, 15) is 28.9 Å². The predicted molar refractivity (Wildman–Crippen MR) is 307 cm³/mol. The molecule has 0 saturated heterocycles. The number of esters is 3. The summed E-state index contributed by atoms with van der Waals surface area (Å²) in [4.78, 5) is 48.5. The summed E-state index contributed by atoms with van der Waals surface area (Å²) in [6, 6.07) is 0. The summed E-state index contributed by atoms with van der Waals surface area (Å²) in [5.41, 5.74) is 0. The second-order valence-corrected chi connectivity index (χ2v) is 20.5. The molecule has 11 nitrogen and oxygen atoms in total. The molecule has 0 aliphatic heterocycles. The normalized spacial score (nSPS) is 14.1. The standard InChI is InChI=1S/C62H105O11P/c1-4-7-10-13-16-19-22-25-27-28-29-30-32-35-38-41-44-47-50-53-62(66)73-59(55-69-60(64)51-48-45-42-39-36-34-31-26-23-20-17-14-11-8-5-2)57-71-74(67,68)70-56-58(54-63)72-61(65)52-49-46-43-40-37-33-24-21-18-15-12-9-6-3/h8,11-12,15-17,19-21,24-27,31,36,39,58-59,63H,4-7,9-10,13-14,18,22-23,28-30,32-35,37-38,40-57H2,1-3H3,(H,67,68)/b11-8-,15-12-,19-16-,20-17-,24-21-,27-25-,31-26-,39-36-. The molecule has 0 amide bonds. The lowest BCUT2D eigenvalue weighted by Crippen LogP contribution is -2.30. The van der Waals surface area contributed by atoms with Crippen LogP contribution in [-0.2, 0) is 42.2 Å². The van der Waals surface area contributed by atoms with Crippen molar-refractivity contribution in [1.29, 1.82) is 0 Å². The van der Waals surface area contributed by atoms with Gasteiger partial charge in [-0.2, -0.15) is 0 Å². The Kier molecular flexibility index (Phi) is 52.9. The molecule has 0 saturated carbocycles. The van der Waals surface area contributed by atoms with E-state index >= 15 is 0 Å². The molecule has 0 aliphatic rings. The highest BCUT2D eigenvalue weighted by molar-refractivity contribution is 7.47. The molecular weight excluding hydrogens is 952 g/mol. The van der Waals surface area contributed by atoms with E-state index in [4.69, 9.17) is 23.3 Å². The lowest BCUT2D eigenvalue weighted by Gasteiger charge is -2.21. The van der Waals surface area contributed by atoms with E-state index in [0.29, 0.717) is 19.3 Å². The topological polar surface area (TPSA) is 155 Å². The Hall–Kier alpha value is -3.60. The number of unbranched alkanes of at least 4 members (excludes halogenated alkanes) is 20. The minimum atomic E-state index is -4.77. The fourth-order valence-corrected chi connectivity index (χ4v) is 8.32. The van der Waals surface area contributed by atoms with Gasteiger partial charge in [0.15, 0.2) is 6.10 Å². The van der Waals surface area contributed by atoms with Crippen molar-refractivity contribution in [3.05, 3.63) is 97.2 Å². The maximum Gasteiger partial charge on any atom is 0.472 e. The summed E-state index contributed by atoms with van der Waals surface area (Å²) in [7, 11) is -4.77. The number of ether oxygens (including phenoxy) is 3. The zero-order chi connectivity index (χ0) is 54.1. The average Bonchev–Trinajstić information content (AvgIpc) is 3.39. The summed E-state index contributed by atoms with van der Waals surface area (Å²) in [5.74, 6) is -1.54. The van der Waals surface area contributed by atoms with Gasteiger partial charge in [0, 0.05) is 19.3 Å². The van der Waals surface area contributed by atoms with Crippen LogP contribution in [0.1, 0.15) is 239 Å². The van der Waals surface area contributed by atoms with E-state index in [2.05, 4.69) is 118 Å². The number of phosphoric ester groups is 1. The molecule has 0 heterocycles. The third-order valence-corrected chi connectivity index (χ3v) is 12.9. The van der Waals surface area contributed by atoms with Gasteiger partial charge in [0.25, 0.3) is 0 Å². The Morgan fingerprint density at radius 2 is 0.730 bits per heavy atom. The van der Waals surface area contributed by atoms with Gasteiger partial charge in [-0.05, 0) is 116 Å². The highest BCUT2D eigenvalue weighted by Gasteiger charge is 2.28. The molecule has 0 aromatic carbocycles. The van der Waals surface area contributed by atoms with E-state index in [1.54, 1.807) is 0 Å². The van der Waals surface area contributed by atoms with Crippen molar-refractivity contribution in [3.63, 3.8) is 0 Å². The molecule has 0 aromatic rings. The fourth-order valence-electron chi connectivity index (χ4n) is 7.53. The summed E-state index contributed by atoms with van der Waals surface area (Å²) in [6.07, 6.45) is 65.1. The average molecular weight is 1060 g/mol. The zero-order valence-electron chi connectivity index (χ0n) is 46.8. The molecule has 0 aliphatic carbocycles. The summed E-state index contributed by atoms with van der Waals surface area (Å²) in [5, 5.41) is 9.81. The quantitative estimate of drug-likeness (QED) is 0.0197. The largest absolute Gasteiger partial charge is 0.472 e. The zero-order valence-corrected chi connectivity index (χ0v) is 47.7. The van der Waals surface area contributed by atoms with Crippen LogP contribution in [0.3, 0.4) is 0 Å². The van der Waals surface area contributed by atoms with Crippen molar-refractivity contribution in [3.8, 4) is 0 Å². The Balaban J connectivity index is 4.79. The Labute approximate surface area is 451 Å². The van der Waals surface area contributed by atoms with Crippen LogP contribution in [0.4, 0.5) is 0 Å². The van der Waals surface area contributed by atoms with Crippen LogP contribution in [0.5, 0.6) is 0 Å². The molecule has 0 fully saturated rings. The van der Waals surface area contributed by atoms with Gasteiger partial charge in [-0.1, -0.05) is 201 Å². The second-order valence-electron chi connectivity index (χ2n) is 19.1. The SMILES string of the molecule is CC/C=C\C/C=C\C/C=C\C/C=C\CCCCC(=O)OCC(COP(=O)(O)OCC(CO)OC(=O)CCCCCCC/C=C\C/C=C\CCC)OC(=O)CCCCCCCCCCC/C=C\C/C=C\CCCCC. The molecule has 0 bridgehead atoms. The van der Waals surface area contributed by atoms with Gasteiger partial charge in [-0.25, -0.2) is 4.57 Å². The molecular formula is C62H105O11P. The number of carbonyl (C=O) groups is 3. The van der Waals surface area contributed by atoms with E-state index in [0.717, 1.165) is 122 Å². The summed E-state index contributed by atoms with van der Waals surface area (Å²) < 4.78 is 39.5. The molecule has 3 unspecified atom stereocenters.